The van der Waals surface area contributed by atoms with Gasteiger partial charge in [0.15, 0.2) is 9.90 Å². The van der Waals surface area contributed by atoms with Crippen molar-refractivity contribution in [3.05, 3.63) is 41.0 Å². The Bertz CT molecular complexity index is 751. The largest absolute Gasteiger partial charge is 0.476 e. The van der Waals surface area contributed by atoms with Crippen LogP contribution in [0.15, 0.2) is 34.0 Å². The van der Waals surface area contributed by atoms with Crippen molar-refractivity contribution >= 4 is 33.0 Å². The molecule has 0 unspecified atom stereocenters. The molecule has 0 spiro atoms. The van der Waals surface area contributed by atoms with Gasteiger partial charge >= 0.3 is 5.97 Å². The van der Waals surface area contributed by atoms with Gasteiger partial charge in [0.1, 0.15) is 0 Å². The Morgan fingerprint density at radius 3 is 2.48 bits per heavy atom. The Kier molecular flexibility index (Phi) is 4.29. The molecule has 2 rings (SSSR count). The highest BCUT2D eigenvalue weighted by Crippen LogP contribution is 2.28. The molecule has 1 heterocycles. The third-order valence-corrected chi connectivity index (χ3v) is 6.12. The summed E-state index contributed by atoms with van der Waals surface area (Å²) in [5.74, 6) is -1.35. The number of benzene rings is 1. The Hall–Kier alpha value is -1.93. The SMILES string of the molecule is CCN(c1ccc(C)cc1)S(=O)(=O)c1scnc1C(=O)O. The molecule has 0 atom stereocenters. The van der Waals surface area contributed by atoms with Crippen molar-refractivity contribution in [3.8, 4) is 0 Å². The summed E-state index contributed by atoms with van der Waals surface area (Å²) in [6, 6.07) is 6.99. The van der Waals surface area contributed by atoms with E-state index in [1.54, 1.807) is 31.2 Å². The van der Waals surface area contributed by atoms with Gasteiger partial charge in [0, 0.05) is 6.54 Å². The number of carboxylic acids is 1. The number of aryl methyl sites for hydroxylation is 1. The lowest BCUT2D eigenvalue weighted by atomic mass is 10.2. The maximum Gasteiger partial charge on any atom is 0.356 e. The zero-order chi connectivity index (χ0) is 15.6. The molecule has 8 heteroatoms. The Morgan fingerprint density at radius 1 is 1.33 bits per heavy atom. The number of rotatable bonds is 5. The first-order valence-corrected chi connectivity index (χ1v) is 8.46. The van der Waals surface area contributed by atoms with E-state index in [0.29, 0.717) is 5.69 Å². The molecule has 6 nitrogen and oxygen atoms in total. The van der Waals surface area contributed by atoms with Gasteiger partial charge in [-0.15, -0.1) is 11.3 Å². The van der Waals surface area contributed by atoms with E-state index in [2.05, 4.69) is 4.98 Å². The maximum atomic E-state index is 12.7. The van der Waals surface area contributed by atoms with Crippen LogP contribution in [0.25, 0.3) is 0 Å². The second-order valence-corrected chi connectivity index (χ2v) is 7.21. The molecule has 1 aromatic carbocycles. The van der Waals surface area contributed by atoms with Crippen LogP contribution < -0.4 is 4.31 Å². The van der Waals surface area contributed by atoms with Gasteiger partial charge in [0.2, 0.25) is 0 Å². The number of thiazole rings is 1. The summed E-state index contributed by atoms with van der Waals surface area (Å²) < 4.78 is 26.3. The first-order valence-electron chi connectivity index (χ1n) is 6.14. The van der Waals surface area contributed by atoms with E-state index in [1.807, 2.05) is 6.92 Å². The van der Waals surface area contributed by atoms with Crippen molar-refractivity contribution < 1.29 is 18.3 Å². The number of hydrogen-bond donors (Lipinski definition) is 1. The van der Waals surface area contributed by atoms with Crippen LogP contribution in [0.3, 0.4) is 0 Å². The van der Waals surface area contributed by atoms with Crippen LogP contribution in [0.4, 0.5) is 5.69 Å². The second-order valence-electron chi connectivity index (χ2n) is 4.30. The molecular weight excluding hydrogens is 312 g/mol. The van der Waals surface area contributed by atoms with Crippen LogP contribution in [0.5, 0.6) is 0 Å². The van der Waals surface area contributed by atoms with Gasteiger partial charge in [-0.3, -0.25) is 4.31 Å². The average molecular weight is 326 g/mol. The number of carboxylic acid groups (broad SMARTS) is 1. The minimum Gasteiger partial charge on any atom is -0.476 e. The summed E-state index contributed by atoms with van der Waals surface area (Å²) in [7, 11) is -3.94. The molecule has 0 bridgehead atoms. The fraction of sp³-hybridized carbons (Fsp3) is 0.231. The molecule has 2 aromatic rings. The normalized spacial score (nSPS) is 11.3. The van der Waals surface area contributed by atoms with Gasteiger partial charge in [-0.1, -0.05) is 17.7 Å². The second kappa shape index (κ2) is 5.82. The van der Waals surface area contributed by atoms with E-state index in [4.69, 9.17) is 5.11 Å². The van der Waals surface area contributed by atoms with Gasteiger partial charge in [0.25, 0.3) is 10.0 Å². The van der Waals surface area contributed by atoms with E-state index in [-0.39, 0.29) is 10.8 Å². The van der Waals surface area contributed by atoms with E-state index in [0.717, 1.165) is 16.9 Å². The number of aromatic nitrogens is 1. The lowest BCUT2D eigenvalue weighted by Gasteiger charge is -2.22. The lowest BCUT2D eigenvalue weighted by molar-refractivity contribution is 0.0687. The lowest BCUT2D eigenvalue weighted by Crippen LogP contribution is -2.31. The third kappa shape index (κ3) is 2.91. The topological polar surface area (TPSA) is 87.6 Å². The van der Waals surface area contributed by atoms with E-state index in [9.17, 15) is 13.2 Å². The number of sulfonamides is 1. The van der Waals surface area contributed by atoms with Gasteiger partial charge < -0.3 is 5.11 Å². The van der Waals surface area contributed by atoms with Crippen LogP contribution in [-0.4, -0.2) is 31.0 Å². The summed E-state index contributed by atoms with van der Waals surface area (Å²) in [6.07, 6.45) is 0. The maximum absolute atomic E-state index is 12.7. The summed E-state index contributed by atoms with van der Waals surface area (Å²) in [5.41, 5.74) is 2.29. The smallest absolute Gasteiger partial charge is 0.356 e. The standard InChI is InChI=1S/C13H14N2O4S2/c1-3-15(10-6-4-9(2)5-7-10)21(18,19)13-11(12(16)17)14-8-20-13/h4-8H,3H2,1-2H3,(H,16,17). The minimum absolute atomic E-state index is 0.197. The molecule has 0 aliphatic rings. The molecule has 0 saturated heterocycles. The highest BCUT2D eigenvalue weighted by atomic mass is 32.2. The number of anilines is 1. The van der Waals surface area contributed by atoms with Gasteiger partial charge in [-0.25, -0.2) is 18.2 Å². The number of carbonyl (C=O) groups is 1. The molecule has 0 amide bonds. The molecular formula is C13H14N2O4S2. The highest BCUT2D eigenvalue weighted by Gasteiger charge is 2.31. The Balaban J connectivity index is 2.52. The predicted molar refractivity (Wildman–Crippen MR) is 80.5 cm³/mol. The van der Waals surface area contributed by atoms with Crippen LogP contribution >= 0.6 is 11.3 Å². The molecule has 0 aliphatic carbocycles. The zero-order valence-corrected chi connectivity index (χ0v) is 13.1. The summed E-state index contributed by atoms with van der Waals surface area (Å²) in [5, 5.41) is 9.04. The third-order valence-electron chi connectivity index (χ3n) is 2.87. The van der Waals surface area contributed by atoms with Crippen molar-refractivity contribution in [3.63, 3.8) is 0 Å². The van der Waals surface area contributed by atoms with Crippen LogP contribution in [0.1, 0.15) is 23.0 Å². The van der Waals surface area contributed by atoms with E-state index in [1.165, 1.54) is 9.82 Å². The Morgan fingerprint density at radius 2 is 1.95 bits per heavy atom. The van der Waals surface area contributed by atoms with Gasteiger partial charge in [-0.2, -0.15) is 0 Å². The summed E-state index contributed by atoms with van der Waals surface area (Å²) in [6.45, 7) is 3.79. The number of hydrogen-bond acceptors (Lipinski definition) is 5. The molecule has 1 N–H and O–H groups in total. The monoisotopic (exact) mass is 326 g/mol. The van der Waals surface area contributed by atoms with E-state index < -0.39 is 21.7 Å². The van der Waals surface area contributed by atoms with Crippen molar-refractivity contribution in [2.75, 3.05) is 10.8 Å². The van der Waals surface area contributed by atoms with Crippen molar-refractivity contribution in [2.24, 2.45) is 0 Å². The molecule has 1 aromatic heterocycles. The van der Waals surface area contributed by atoms with Gasteiger partial charge in [0.05, 0.1) is 11.2 Å². The van der Waals surface area contributed by atoms with E-state index >= 15 is 0 Å². The predicted octanol–water partition coefficient (Wildman–Crippen LogP) is 2.36. The summed E-state index contributed by atoms with van der Waals surface area (Å²) in [4.78, 5) is 14.7. The molecule has 112 valence electrons. The first-order chi connectivity index (χ1) is 9.87. The van der Waals surface area contributed by atoms with Crippen LogP contribution in [-0.2, 0) is 10.0 Å². The molecule has 0 aliphatic heterocycles. The van der Waals surface area contributed by atoms with Crippen molar-refractivity contribution in [1.29, 1.82) is 0 Å². The van der Waals surface area contributed by atoms with Crippen LogP contribution in [0.2, 0.25) is 0 Å². The number of aromatic carboxylic acids is 1. The average Bonchev–Trinajstić information content (AvgIpc) is 2.92. The van der Waals surface area contributed by atoms with Crippen molar-refractivity contribution in [2.45, 2.75) is 18.1 Å². The van der Waals surface area contributed by atoms with Crippen LogP contribution in [0, 0.1) is 6.92 Å². The molecule has 0 fully saturated rings. The molecule has 21 heavy (non-hydrogen) atoms. The summed E-state index contributed by atoms with van der Waals surface area (Å²) >= 11 is 0.805. The van der Waals surface area contributed by atoms with Crippen molar-refractivity contribution in [1.82, 2.24) is 4.98 Å². The first kappa shape index (κ1) is 15.5. The fourth-order valence-electron chi connectivity index (χ4n) is 1.86. The molecule has 0 radical (unpaired) electrons. The Labute approximate surface area is 126 Å². The quantitative estimate of drug-likeness (QED) is 0.911. The minimum atomic E-state index is -3.94. The zero-order valence-electron chi connectivity index (χ0n) is 11.5. The highest BCUT2D eigenvalue weighted by molar-refractivity contribution is 7.94. The van der Waals surface area contributed by atoms with Gasteiger partial charge in [-0.05, 0) is 26.0 Å². The molecule has 0 saturated carbocycles. The number of nitrogens with zero attached hydrogens (tertiary/aromatic N) is 2. The fourth-order valence-corrected chi connectivity index (χ4v) is 4.58.